The van der Waals surface area contributed by atoms with Gasteiger partial charge in [0.05, 0.1) is 24.4 Å². The van der Waals surface area contributed by atoms with Gasteiger partial charge in [-0.2, -0.15) is 4.57 Å². The molecule has 1 saturated heterocycles. The largest absolute Gasteiger partial charge is 0.480 e. The molecule has 0 spiro atoms. The van der Waals surface area contributed by atoms with Crippen molar-refractivity contribution in [2.75, 3.05) is 39.4 Å². The lowest BCUT2D eigenvalue weighted by atomic mass is 9.73. The molecule has 2 amide bonds. The van der Waals surface area contributed by atoms with E-state index in [2.05, 4.69) is 10.6 Å². The van der Waals surface area contributed by atoms with Crippen LogP contribution in [0.25, 0.3) is 11.3 Å². The average molecular weight is 736 g/mol. The minimum atomic E-state index is -5.55. The van der Waals surface area contributed by atoms with Crippen LogP contribution in [-0.2, 0) is 35.3 Å². The summed E-state index contributed by atoms with van der Waals surface area (Å²) in [7, 11) is -4.59. The second-order valence-corrected chi connectivity index (χ2v) is 14.9. The van der Waals surface area contributed by atoms with E-state index in [1.54, 1.807) is 23.7 Å². The molecule has 0 radical (unpaired) electrons. The van der Waals surface area contributed by atoms with Crippen molar-refractivity contribution in [3.8, 4) is 11.3 Å². The van der Waals surface area contributed by atoms with Crippen molar-refractivity contribution in [1.82, 2.24) is 15.5 Å². The number of carboxylic acids is 1. The normalized spacial score (nSPS) is 17.4. The Balaban J connectivity index is 1.59. The number of aliphatic hydroxyl groups is 2. The molecule has 0 saturated carbocycles. The molecule has 2 unspecified atom stereocenters. The first kappa shape index (κ1) is 41.9. The molecule has 0 aliphatic carbocycles. The van der Waals surface area contributed by atoms with Crippen LogP contribution in [0.2, 0.25) is 0 Å². The molecule has 3 rings (SSSR count). The third kappa shape index (κ3) is 11.7. The number of carbonyl (C=O) groups excluding carboxylic acids is 3. The maximum absolute atomic E-state index is 13.6. The summed E-state index contributed by atoms with van der Waals surface area (Å²) < 4.78 is 25.2. The van der Waals surface area contributed by atoms with Gasteiger partial charge in [-0.3, -0.25) is 23.8 Å². The summed E-state index contributed by atoms with van der Waals surface area (Å²) >= 11 is 0. The van der Waals surface area contributed by atoms with Crippen LogP contribution in [0.3, 0.4) is 0 Å². The molecule has 0 bridgehead atoms. The molecule has 2 heterocycles. The Hall–Kier alpha value is -3.54. The van der Waals surface area contributed by atoms with Crippen molar-refractivity contribution < 1.29 is 62.7 Å². The molecule has 51 heavy (non-hydrogen) atoms. The Kier molecular flexibility index (Phi) is 15.4. The molecule has 7 N–H and O–H groups in total. The fourth-order valence-corrected chi connectivity index (χ4v) is 6.34. The number of nitrogens with zero attached hydrogens (tertiary/aromatic N) is 2. The van der Waals surface area contributed by atoms with Crippen molar-refractivity contribution in [3.63, 3.8) is 0 Å². The van der Waals surface area contributed by atoms with Crippen LogP contribution >= 0.6 is 7.60 Å². The van der Waals surface area contributed by atoms with Gasteiger partial charge < -0.3 is 45.0 Å². The van der Waals surface area contributed by atoms with E-state index in [0.29, 0.717) is 25.2 Å². The Bertz CT molecular complexity index is 1550. The van der Waals surface area contributed by atoms with E-state index in [4.69, 9.17) is 14.4 Å². The number of carbonyl (C=O) groups is 4. The van der Waals surface area contributed by atoms with Crippen LogP contribution in [0.1, 0.15) is 50.5 Å². The quantitative estimate of drug-likeness (QED) is 0.0495. The van der Waals surface area contributed by atoms with Gasteiger partial charge >= 0.3 is 20.7 Å². The van der Waals surface area contributed by atoms with E-state index in [-0.39, 0.29) is 44.4 Å². The number of pyridine rings is 1. The smallest absolute Gasteiger partial charge is 0.479 e. The predicted octanol–water partition coefficient (Wildman–Crippen LogP) is 0.112. The lowest BCUT2D eigenvalue weighted by molar-refractivity contribution is -0.662. The van der Waals surface area contributed by atoms with Crippen LogP contribution in [0, 0.1) is 11.8 Å². The minimum absolute atomic E-state index is 0.0147. The van der Waals surface area contributed by atoms with Crippen molar-refractivity contribution in [2.24, 2.45) is 18.9 Å². The Morgan fingerprint density at radius 3 is 2.20 bits per heavy atom. The third-order valence-electron chi connectivity index (χ3n) is 8.65. The fraction of sp³-hybridized carbons (Fsp3) is 0.545. The van der Waals surface area contributed by atoms with Crippen molar-refractivity contribution in [1.29, 1.82) is 0 Å². The Morgan fingerprint density at radius 2 is 1.65 bits per heavy atom. The van der Waals surface area contributed by atoms with Gasteiger partial charge in [-0.25, -0.2) is 4.79 Å². The molecule has 18 heteroatoms. The number of rotatable bonds is 17. The molecule has 2 aromatic rings. The zero-order valence-electron chi connectivity index (χ0n) is 29.3. The Labute approximate surface area is 297 Å². The van der Waals surface area contributed by atoms with Gasteiger partial charge in [-0.05, 0) is 37.5 Å². The predicted molar refractivity (Wildman–Crippen MR) is 185 cm³/mol. The summed E-state index contributed by atoms with van der Waals surface area (Å²) in [5, 5.41) is 31.3. The van der Waals surface area contributed by atoms with E-state index in [1.807, 2.05) is 55.1 Å². The van der Waals surface area contributed by atoms with Crippen molar-refractivity contribution >= 4 is 38.3 Å². The molecule has 16 nitrogen and oxygen atoms in total. The number of aliphatic carboxylic acids is 1. The van der Waals surface area contributed by atoms with Crippen LogP contribution in [-0.4, -0.2) is 117 Å². The molecular weight excluding hydrogens is 686 g/mol. The van der Waals surface area contributed by atoms with E-state index in [9.17, 15) is 43.7 Å². The number of aliphatic hydroxyl groups excluding tert-OH is 1. The topological polar surface area (TPSA) is 236 Å². The standard InChI is InChI=1S/C33H48BN4O12P/c1-22(2)19-29(34-49-17-15-38(16-18-50-34)14-13-35-30(41)21-33(45,32(43)44)51(46,47)48)36-31(42)25(23(3)39)20-28(40)27-12-8-11-26(37(27)4)24-9-6-5-7-10-24/h5-12,22-23,25,29,39,45H,13-21H2,1-4H3,(H4-,35,36,41,42,43,44,46,47,48)/p+1/t23?,25-,29-,33?/m1/s1. The average Bonchev–Trinajstić information content (AvgIpc) is 3.03. The number of aromatic nitrogens is 1. The van der Waals surface area contributed by atoms with Gasteiger partial charge in [0.1, 0.15) is 7.05 Å². The summed E-state index contributed by atoms with van der Waals surface area (Å²) in [4.78, 5) is 70.8. The minimum Gasteiger partial charge on any atom is -0.479 e. The molecule has 1 aromatic heterocycles. The number of hydrogen-bond acceptors (Lipinski definition) is 10. The first-order chi connectivity index (χ1) is 23.9. The first-order valence-corrected chi connectivity index (χ1v) is 18.4. The summed E-state index contributed by atoms with van der Waals surface area (Å²) in [6.45, 7) is 6.80. The second-order valence-electron chi connectivity index (χ2n) is 13.1. The van der Waals surface area contributed by atoms with Crippen LogP contribution < -0.4 is 15.2 Å². The van der Waals surface area contributed by atoms with E-state index in [1.165, 1.54) is 6.92 Å². The lowest BCUT2D eigenvalue weighted by Crippen LogP contribution is -2.55. The number of benzene rings is 1. The molecule has 1 aromatic carbocycles. The molecule has 4 atom stereocenters. The zero-order valence-corrected chi connectivity index (χ0v) is 30.2. The van der Waals surface area contributed by atoms with Gasteiger partial charge in [-0.1, -0.05) is 32.0 Å². The first-order valence-electron chi connectivity index (χ1n) is 16.7. The molecule has 1 aliphatic heterocycles. The maximum Gasteiger partial charge on any atom is 0.480 e. The molecule has 1 fully saturated rings. The van der Waals surface area contributed by atoms with Gasteiger partial charge in [0, 0.05) is 63.5 Å². The number of carboxylic acid groups (broad SMARTS) is 1. The van der Waals surface area contributed by atoms with E-state index < -0.39 is 62.2 Å². The van der Waals surface area contributed by atoms with Gasteiger partial charge in [0.15, 0.2) is 0 Å². The zero-order chi connectivity index (χ0) is 37.9. The summed E-state index contributed by atoms with van der Waals surface area (Å²) in [5.41, 5.74) is 2.15. The summed E-state index contributed by atoms with van der Waals surface area (Å²) in [6.07, 6.45) is -2.19. The highest BCUT2D eigenvalue weighted by atomic mass is 31.2. The molecule has 1 aliphatic rings. The van der Waals surface area contributed by atoms with E-state index >= 15 is 0 Å². The number of amides is 2. The molecule has 280 valence electrons. The van der Waals surface area contributed by atoms with Gasteiger partial charge in [0.2, 0.25) is 29.0 Å². The number of hydrogen-bond donors (Lipinski definition) is 7. The van der Waals surface area contributed by atoms with Crippen LogP contribution in [0.15, 0.2) is 48.5 Å². The lowest BCUT2D eigenvalue weighted by Gasteiger charge is -2.32. The van der Waals surface area contributed by atoms with Gasteiger partial charge in [-0.15, -0.1) is 0 Å². The third-order valence-corrected chi connectivity index (χ3v) is 9.97. The van der Waals surface area contributed by atoms with Crippen molar-refractivity contribution in [3.05, 3.63) is 54.2 Å². The molecular formula is C33H49BN4O12P+. The highest BCUT2D eigenvalue weighted by Gasteiger charge is 2.54. The van der Waals surface area contributed by atoms with Crippen LogP contribution in [0.5, 0.6) is 0 Å². The summed E-state index contributed by atoms with van der Waals surface area (Å²) in [6, 6.07) is 15.0. The van der Waals surface area contributed by atoms with Crippen LogP contribution in [0.4, 0.5) is 0 Å². The highest BCUT2D eigenvalue weighted by Crippen LogP contribution is 2.50. The SMILES string of the molecule is CC(C)C[C@@H](NC(=O)[C@H](CC(=O)c1cccc(-c2ccccc2)[n+]1C)C(C)O)B1OCCN(CCNC(=O)CC(O)(C(=O)O)P(=O)(O)O)CCO1. The maximum atomic E-state index is 13.6. The van der Waals surface area contributed by atoms with Gasteiger partial charge in [0.25, 0.3) is 5.34 Å². The van der Waals surface area contributed by atoms with E-state index in [0.717, 1.165) is 11.3 Å². The Morgan fingerprint density at radius 1 is 1.02 bits per heavy atom. The monoisotopic (exact) mass is 735 g/mol. The summed E-state index contributed by atoms with van der Waals surface area (Å²) in [5.74, 6) is -5.58. The highest BCUT2D eigenvalue weighted by molar-refractivity contribution is 7.54. The fourth-order valence-electron chi connectivity index (χ4n) is 5.74. The number of nitrogens with one attached hydrogen (secondary N) is 2. The second kappa shape index (κ2) is 18.8. The number of ketones is 1. The van der Waals surface area contributed by atoms with Crippen molar-refractivity contribution in [2.45, 2.75) is 57.4 Å². The number of Topliss-reactive ketones (excluding diaryl/α,β-unsaturated/α-hetero) is 1.